The Bertz CT molecular complexity index is 1100. The number of aryl methyl sites for hydroxylation is 1. The second-order valence-corrected chi connectivity index (χ2v) is 7.30. The van der Waals surface area contributed by atoms with Crippen molar-refractivity contribution in [1.29, 1.82) is 0 Å². The average Bonchev–Trinajstić information content (AvgIpc) is 2.75. The highest BCUT2D eigenvalue weighted by molar-refractivity contribution is 5.61. The Morgan fingerprint density at radius 3 is 2.81 bits per heavy atom. The minimum absolute atomic E-state index is 0.00328. The molecular weight excluding hydrogens is 427 g/mol. The SMILES string of the molecule is COCc1cn(CC2=CC(F)=C(F)C(F)C2)c(Nc2cc(OCCO)ccc2C)nc1=O. The van der Waals surface area contributed by atoms with Crippen LogP contribution in [-0.2, 0) is 17.9 Å². The van der Waals surface area contributed by atoms with Gasteiger partial charge in [-0.3, -0.25) is 4.79 Å². The number of methoxy groups -OCH3 is 1. The van der Waals surface area contributed by atoms with Gasteiger partial charge in [0.2, 0.25) is 5.95 Å². The van der Waals surface area contributed by atoms with Gasteiger partial charge in [0.25, 0.3) is 5.56 Å². The van der Waals surface area contributed by atoms with Crippen LogP contribution in [0.3, 0.4) is 0 Å². The topological polar surface area (TPSA) is 85.6 Å². The molecule has 0 spiro atoms. The van der Waals surface area contributed by atoms with Crippen molar-refractivity contribution in [3.8, 4) is 5.75 Å². The average molecular weight is 451 g/mol. The Hall–Kier alpha value is -3.11. The Morgan fingerprint density at radius 2 is 2.12 bits per heavy atom. The van der Waals surface area contributed by atoms with Gasteiger partial charge in [0, 0.05) is 38.0 Å². The van der Waals surface area contributed by atoms with Crippen LogP contribution in [0.2, 0.25) is 0 Å². The molecule has 2 aromatic rings. The molecule has 0 saturated heterocycles. The van der Waals surface area contributed by atoms with Crippen LogP contribution in [0.15, 0.2) is 52.5 Å². The molecule has 0 fully saturated rings. The molecule has 0 radical (unpaired) electrons. The molecule has 2 N–H and O–H groups in total. The van der Waals surface area contributed by atoms with E-state index in [1.165, 1.54) is 17.9 Å². The van der Waals surface area contributed by atoms with Gasteiger partial charge in [0.1, 0.15) is 12.4 Å². The van der Waals surface area contributed by atoms with Crippen molar-refractivity contribution in [3.63, 3.8) is 0 Å². The molecule has 0 saturated carbocycles. The monoisotopic (exact) mass is 451 g/mol. The molecule has 3 rings (SSSR count). The number of hydrogen-bond donors (Lipinski definition) is 2. The number of rotatable bonds is 9. The number of nitrogens with zero attached hydrogens (tertiary/aromatic N) is 2. The van der Waals surface area contributed by atoms with E-state index in [1.807, 2.05) is 6.92 Å². The molecule has 1 aliphatic rings. The molecule has 1 unspecified atom stereocenters. The Morgan fingerprint density at radius 1 is 1.34 bits per heavy atom. The number of nitrogens with one attached hydrogen (secondary N) is 1. The van der Waals surface area contributed by atoms with E-state index in [9.17, 15) is 18.0 Å². The normalized spacial score (nSPS) is 16.2. The minimum Gasteiger partial charge on any atom is -0.491 e. The zero-order chi connectivity index (χ0) is 23.3. The van der Waals surface area contributed by atoms with Gasteiger partial charge in [0.15, 0.2) is 17.8 Å². The van der Waals surface area contributed by atoms with Crippen LogP contribution < -0.4 is 15.6 Å². The number of allylic oxidation sites excluding steroid dienone is 4. The molecule has 0 amide bonds. The van der Waals surface area contributed by atoms with E-state index in [1.54, 1.807) is 18.2 Å². The summed E-state index contributed by atoms with van der Waals surface area (Å²) in [6, 6.07) is 5.20. The molecule has 7 nitrogen and oxygen atoms in total. The Balaban J connectivity index is 1.98. The van der Waals surface area contributed by atoms with Crippen LogP contribution in [-0.4, -0.2) is 41.2 Å². The molecular formula is C22H24F3N3O4. The zero-order valence-electron chi connectivity index (χ0n) is 17.7. The molecule has 0 aliphatic heterocycles. The first-order valence-corrected chi connectivity index (χ1v) is 9.91. The number of aliphatic hydroxyl groups is 1. The third-order valence-corrected chi connectivity index (χ3v) is 4.83. The van der Waals surface area contributed by atoms with Crippen molar-refractivity contribution in [1.82, 2.24) is 9.55 Å². The Kier molecular flexibility index (Phi) is 7.70. The number of halogens is 3. The smallest absolute Gasteiger partial charge is 0.279 e. The van der Waals surface area contributed by atoms with Gasteiger partial charge in [-0.2, -0.15) is 4.98 Å². The lowest BCUT2D eigenvalue weighted by Crippen LogP contribution is -2.22. The first-order chi connectivity index (χ1) is 15.3. The Labute approximate surface area is 182 Å². The largest absolute Gasteiger partial charge is 0.491 e. The van der Waals surface area contributed by atoms with Crippen molar-refractivity contribution in [3.05, 3.63) is 69.2 Å². The third-order valence-electron chi connectivity index (χ3n) is 4.83. The number of anilines is 2. The van der Waals surface area contributed by atoms with E-state index in [0.29, 0.717) is 17.0 Å². The van der Waals surface area contributed by atoms with E-state index >= 15 is 0 Å². The molecule has 1 heterocycles. The maximum absolute atomic E-state index is 13.8. The van der Waals surface area contributed by atoms with Crippen molar-refractivity contribution in [2.24, 2.45) is 0 Å². The fraction of sp³-hybridized carbons (Fsp3) is 0.364. The second-order valence-electron chi connectivity index (χ2n) is 7.30. The number of benzene rings is 1. The fourth-order valence-corrected chi connectivity index (χ4v) is 3.23. The van der Waals surface area contributed by atoms with Crippen LogP contribution in [0, 0.1) is 6.92 Å². The predicted molar refractivity (Wildman–Crippen MR) is 113 cm³/mol. The lowest BCUT2D eigenvalue weighted by Gasteiger charge is -2.20. The zero-order valence-corrected chi connectivity index (χ0v) is 17.7. The summed E-state index contributed by atoms with van der Waals surface area (Å²) in [5.74, 6) is -2.04. The lowest BCUT2D eigenvalue weighted by molar-refractivity contribution is 0.183. The van der Waals surface area contributed by atoms with Gasteiger partial charge < -0.3 is 24.5 Å². The summed E-state index contributed by atoms with van der Waals surface area (Å²) in [6.45, 7) is 1.79. The quantitative estimate of drug-likeness (QED) is 0.606. The number of hydrogen-bond acceptors (Lipinski definition) is 6. The van der Waals surface area contributed by atoms with Crippen molar-refractivity contribution >= 4 is 11.6 Å². The summed E-state index contributed by atoms with van der Waals surface area (Å²) >= 11 is 0. The third kappa shape index (κ3) is 5.57. The summed E-state index contributed by atoms with van der Waals surface area (Å²) in [5, 5.41) is 12.0. The van der Waals surface area contributed by atoms with Crippen molar-refractivity contribution < 1.29 is 27.8 Å². The molecule has 1 aromatic carbocycles. The van der Waals surface area contributed by atoms with Gasteiger partial charge >= 0.3 is 0 Å². The summed E-state index contributed by atoms with van der Waals surface area (Å²) in [6.07, 6.45) is 0.0783. The van der Waals surface area contributed by atoms with Gasteiger partial charge in [-0.05, 0) is 30.2 Å². The van der Waals surface area contributed by atoms with Crippen LogP contribution in [0.5, 0.6) is 5.75 Å². The molecule has 32 heavy (non-hydrogen) atoms. The highest BCUT2D eigenvalue weighted by Gasteiger charge is 2.25. The number of aromatic nitrogens is 2. The van der Waals surface area contributed by atoms with Crippen molar-refractivity contribution in [2.75, 3.05) is 25.6 Å². The summed E-state index contributed by atoms with van der Waals surface area (Å²) in [4.78, 5) is 16.5. The summed E-state index contributed by atoms with van der Waals surface area (Å²) < 4.78 is 52.9. The van der Waals surface area contributed by atoms with Gasteiger partial charge in [-0.1, -0.05) is 6.07 Å². The molecule has 1 aromatic heterocycles. The maximum atomic E-state index is 13.8. The van der Waals surface area contributed by atoms with E-state index < -0.39 is 23.4 Å². The number of aliphatic hydroxyl groups excluding tert-OH is 1. The lowest BCUT2D eigenvalue weighted by atomic mass is 10.0. The summed E-state index contributed by atoms with van der Waals surface area (Å²) in [5.41, 5.74) is 1.43. The van der Waals surface area contributed by atoms with E-state index in [0.717, 1.165) is 11.6 Å². The van der Waals surface area contributed by atoms with Crippen LogP contribution in [0.4, 0.5) is 24.8 Å². The number of alkyl halides is 1. The highest BCUT2D eigenvalue weighted by Crippen LogP contribution is 2.30. The summed E-state index contributed by atoms with van der Waals surface area (Å²) in [7, 11) is 1.43. The van der Waals surface area contributed by atoms with Crippen molar-refractivity contribution in [2.45, 2.75) is 32.7 Å². The second kappa shape index (κ2) is 10.5. The van der Waals surface area contributed by atoms with E-state index in [2.05, 4.69) is 10.3 Å². The molecule has 0 bridgehead atoms. The first-order valence-electron chi connectivity index (χ1n) is 9.91. The van der Waals surface area contributed by atoms with Gasteiger partial charge in [-0.15, -0.1) is 0 Å². The van der Waals surface area contributed by atoms with E-state index in [-0.39, 0.29) is 44.3 Å². The van der Waals surface area contributed by atoms with Gasteiger partial charge in [-0.25, -0.2) is 13.2 Å². The first kappa shape index (κ1) is 23.6. The highest BCUT2D eigenvalue weighted by atomic mass is 19.2. The molecule has 10 heteroatoms. The minimum atomic E-state index is -2.06. The number of ether oxygens (including phenoxy) is 2. The van der Waals surface area contributed by atoms with Gasteiger partial charge in [0.05, 0.1) is 18.8 Å². The van der Waals surface area contributed by atoms with E-state index in [4.69, 9.17) is 14.6 Å². The van der Waals surface area contributed by atoms with Crippen LogP contribution >= 0.6 is 0 Å². The molecule has 1 aliphatic carbocycles. The maximum Gasteiger partial charge on any atom is 0.279 e. The molecule has 172 valence electrons. The molecule has 1 atom stereocenters. The predicted octanol–water partition coefficient (Wildman–Crippen LogP) is 3.63. The van der Waals surface area contributed by atoms with Crippen LogP contribution in [0.25, 0.3) is 0 Å². The fourth-order valence-electron chi connectivity index (χ4n) is 3.23. The van der Waals surface area contributed by atoms with Crippen LogP contribution in [0.1, 0.15) is 17.5 Å². The standard InChI is InChI=1S/C22H24F3N3O4/c1-13-3-4-16(32-6-5-29)9-19(13)26-22-27-21(30)15(12-31-2)11-28(22)10-14-7-17(23)20(25)18(24)8-14/h3-4,7,9,11,18,29H,5-6,8,10,12H2,1-2H3,(H,26,27,30).